The quantitative estimate of drug-likeness (QED) is 0.0787. The number of imide groups is 1. The maximum absolute atomic E-state index is 14.1. The number of benzene rings is 3. The van der Waals surface area contributed by atoms with Gasteiger partial charge in [-0.05, 0) is 60.7 Å². The average molecular weight is 841 g/mol. The maximum Gasteiger partial charge on any atom is 0.343 e. The molecule has 6 rings (SSSR count). The highest BCUT2D eigenvalue weighted by Crippen LogP contribution is 2.77. The van der Waals surface area contributed by atoms with E-state index in [0.29, 0.717) is 15.6 Å². The SMILES string of the molecule is O=C(CN(C(=O)c1ccccc1Cl)N1C(=O)[C@H]2[C@H](C1=O)[C@@]1(Cl)C(Cl)=C(Cl)[C@@]2(Cl)C1(Cl)Cl)c1ccc(OC(=O)c2ccc(Br)cc2)cc1. The van der Waals surface area contributed by atoms with Crippen LogP contribution in [0.1, 0.15) is 31.1 Å². The lowest BCUT2D eigenvalue weighted by Crippen LogP contribution is -2.56. The van der Waals surface area contributed by atoms with Crippen molar-refractivity contribution in [2.45, 2.75) is 14.1 Å². The van der Waals surface area contributed by atoms with E-state index >= 15 is 0 Å². The van der Waals surface area contributed by atoms with E-state index < -0.39 is 61.9 Å². The van der Waals surface area contributed by atoms with Crippen molar-refractivity contribution in [1.29, 1.82) is 0 Å². The number of rotatable bonds is 7. The number of hydrazine groups is 1. The van der Waals surface area contributed by atoms with Gasteiger partial charge < -0.3 is 4.74 Å². The summed E-state index contributed by atoms with van der Waals surface area (Å²) < 4.78 is 3.97. The van der Waals surface area contributed by atoms with E-state index in [0.717, 1.165) is 4.47 Å². The fourth-order valence-electron chi connectivity index (χ4n) is 5.91. The number of halogens is 8. The summed E-state index contributed by atoms with van der Waals surface area (Å²) in [7, 11) is 0. The summed E-state index contributed by atoms with van der Waals surface area (Å²) in [5.41, 5.74) is 0.244. The lowest BCUT2D eigenvalue weighted by atomic mass is 9.84. The van der Waals surface area contributed by atoms with Crippen molar-refractivity contribution in [3.63, 3.8) is 0 Å². The molecule has 4 atom stereocenters. The van der Waals surface area contributed by atoms with Gasteiger partial charge in [0.05, 0.1) is 38.0 Å². The highest BCUT2D eigenvalue weighted by molar-refractivity contribution is 9.10. The fraction of sp³-hybridized carbons (Fsp3) is 0.194. The third-order valence-corrected chi connectivity index (χ3v) is 13.3. The summed E-state index contributed by atoms with van der Waals surface area (Å²) in [6.45, 7) is -0.814. The lowest BCUT2D eigenvalue weighted by molar-refractivity contribution is -0.154. The van der Waals surface area contributed by atoms with Gasteiger partial charge in [-0.15, -0.1) is 23.2 Å². The van der Waals surface area contributed by atoms with Crippen LogP contribution in [-0.2, 0) is 9.59 Å². The molecule has 16 heteroatoms. The van der Waals surface area contributed by atoms with E-state index in [1.807, 2.05) is 0 Å². The zero-order valence-electron chi connectivity index (χ0n) is 23.2. The van der Waals surface area contributed by atoms with Gasteiger partial charge in [0, 0.05) is 10.0 Å². The Balaban J connectivity index is 1.31. The molecule has 242 valence electrons. The minimum atomic E-state index is -2.19. The number of carbonyl (C=O) groups excluding carboxylic acids is 5. The van der Waals surface area contributed by atoms with Crippen LogP contribution in [-0.4, -0.2) is 60.1 Å². The van der Waals surface area contributed by atoms with Gasteiger partial charge in [-0.1, -0.05) is 86.1 Å². The van der Waals surface area contributed by atoms with E-state index in [1.54, 1.807) is 30.3 Å². The number of hydrogen-bond acceptors (Lipinski definition) is 6. The first-order valence-electron chi connectivity index (χ1n) is 13.4. The van der Waals surface area contributed by atoms with Gasteiger partial charge in [-0.25, -0.2) is 9.80 Å². The van der Waals surface area contributed by atoms with E-state index in [-0.39, 0.29) is 32.0 Å². The molecule has 47 heavy (non-hydrogen) atoms. The second-order valence-electron chi connectivity index (χ2n) is 10.8. The molecular weight excluding hydrogens is 824 g/mol. The number of amides is 3. The molecule has 2 bridgehead atoms. The van der Waals surface area contributed by atoms with Crippen LogP contribution in [0.3, 0.4) is 0 Å². The zero-order valence-corrected chi connectivity index (χ0v) is 30.0. The summed E-state index contributed by atoms with van der Waals surface area (Å²) in [4.78, 5) is 64.0. The average Bonchev–Trinajstić information content (AvgIpc) is 3.43. The molecule has 1 saturated carbocycles. The molecule has 1 heterocycles. The van der Waals surface area contributed by atoms with Gasteiger partial charge in [0.1, 0.15) is 22.0 Å². The zero-order chi connectivity index (χ0) is 34.2. The van der Waals surface area contributed by atoms with Crippen molar-refractivity contribution in [2.75, 3.05) is 6.54 Å². The number of esters is 1. The molecule has 0 N–H and O–H groups in total. The van der Waals surface area contributed by atoms with Crippen molar-refractivity contribution < 1.29 is 28.7 Å². The standard InChI is InChI=1S/C31H16BrCl7N2O6/c32-16-9-5-15(6-10-16)28(46)47-17-11-7-14(8-12-17)20(42)13-40(25(43)18-3-1-2-4-19(18)33)41-26(44)21-22(27(41)45)30(37)24(35)23(34)29(21,36)31(30,38)39/h1-12,21-22H,13H2/t21-,22-,29-,30-/m1/s1. The summed E-state index contributed by atoms with van der Waals surface area (Å²) >= 11 is 49.2. The number of fused-ring (bicyclic) bond motifs is 5. The minimum Gasteiger partial charge on any atom is -0.423 e. The third-order valence-electron chi connectivity index (χ3n) is 8.23. The number of allylic oxidation sites excluding steroid dienone is 2. The van der Waals surface area contributed by atoms with Crippen molar-refractivity contribution >= 4 is 127 Å². The van der Waals surface area contributed by atoms with Crippen molar-refractivity contribution in [3.05, 3.63) is 109 Å². The Morgan fingerprint density at radius 1 is 0.766 bits per heavy atom. The molecule has 8 nitrogen and oxygen atoms in total. The lowest BCUT2D eigenvalue weighted by Gasteiger charge is -2.36. The summed E-state index contributed by atoms with van der Waals surface area (Å²) in [6, 6.07) is 17.8. The van der Waals surface area contributed by atoms with E-state index in [1.165, 1.54) is 42.5 Å². The molecule has 0 unspecified atom stereocenters. The van der Waals surface area contributed by atoms with Gasteiger partial charge in [-0.2, -0.15) is 5.01 Å². The Labute approximate surface area is 310 Å². The number of ether oxygens (including phenoxy) is 1. The number of hydrogen-bond donors (Lipinski definition) is 0. The molecule has 0 aromatic heterocycles. The van der Waals surface area contributed by atoms with Crippen molar-refractivity contribution in [1.82, 2.24) is 10.0 Å². The number of alkyl halides is 4. The van der Waals surface area contributed by atoms with Gasteiger partial charge in [0.25, 0.3) is 17.7 Å². The molecule has 3 amide bonds. The molecule has 3 aromatic carbocycles. The summed E-state index contributed by atoms with van der Waals surface area (Å²) in [5.74, 6) is -7.30. The van der Waals surface area contributed by atoms with E-state index in [2.05, 4.69) is 15.9 Å². The first-order chi connectivity index (χ1) is 22.1. The molecule has 0 spiro atoms. The predicted octanol–water partition coefficient (Wildman–Crippen LogP) is 8.01. The second-order valence-corrected chi connectivity index (χ2v) is 15.4. The topological polar surface area (TPSA) is 101 Å². The van der Waals surface area contributed by atoms with Crippen LogP contribution in [0.25, 0.3) is 0 Å². The highest BCUT2D eigenvalue weighted by atomic mass is 79.9. The Bertz CT molecular complexity index is 1880. The van der Waals surface area contributed by atoms with Crippen molar-refractivity contribution in [2.24, 2.45) is 11.8 Å². The van der Waals surface area contributed by atoms with Crippen LogP contribution >= 0.6 is 97.1 Å². The minimum absolute atomic E-state index is 0.0119. The molecule has 1 saturated heterocycles. The van der Waals surface area contributed by atoms with Crippen LogP contribution < -0.4 is 4.74 Å². The van der Waals surface area contributed by atoms with Crippen LogP contribution in [0.2, 0.25) is 5.02 Å². The summed E-state index contributed by atoms with van der Waals surface area (Å²) in [6.07, 6.45) is 0. The first kappa shape index (κ1) is 34.5. The van der Waals surface area contributed by atoms with Crippen LogP contribution in [0, 0.1) is 11.8 Å². The number of nitrogens with zero attached hydrogens (tertiary/aromatic N) is 2. The Morgan fingerprint density at radius 2 is 1.28 bits per heavy atom. The third kappa shape index (κ3) is 5.04. The second kappa shape index (κ2) is 12.2. The molecule has 1 aliphatic heterocycles. The molecule has 3 aromatic rings. The van der Waals surface area contributed by atoms with Crippen LogP contribution in [0.4, 0.5) is 0 Å². The molecule has 0 radical (unpaired) electrons. The monoisotopic (exact) mass is 836 g/mol. The molecule has 2 fully saturated rings. The predicted molar refractivity (Wildman–Crippen MR) is 182 cm³/mol. The van der Waals surface area contributed by atoms with Gasteiger partial charge >= 0.3 is 5.97 Å². The highest BCUT2D eigenvalue weighted by Gasteiger charge is 2.88. The Hall–Kier alpha value is -2.34. The normalized spacial score (nSPS) is 25.7. The van der Waals surface area contributed by atoms with Crippen LogP contribution in [0.15, 0.2) is 87.3 Å². The number of Topliss-reactive ketones (excluding diaryl/α,β-unsaturated/α-hetero) is 1. The van der Waals surface area contributed by atoms with Gasteiger partial charge in [-0.3, -0.25) is 19.2 Å². The molecule has 3 aliphatic rings. The van der Waals surface area contributed by atoms with E-state index in [4.69, 9.17) is 85.9 Å². The first-order valence-corrected chi connectivity index (χ1v) is 16.9. The molecule has 2 aliphatic carbocycles. The van der Waals surface area contributed by atoms with E-state index in [9.17, 15) is 24.0 Å². The molecular formula is C31H16BrCl7N2O6. The summed E-state index contributed by atoms with van der Waals surface area (Å²) in [5, 5.41) is 0.503. The Kier molecular flexibility index (Phi) is 8.97. The Morgan fingerprint density at radius 3 is 1.81 bits per heavy atom. The van der Waals surface area contributed by atoms with Gasteiger partial charge in [0.2, 0.25) is 0 Å². The number of ketones is 1. The maximum atomic E-state index is 14.1. The largest absolute Gasteiger partial charge is 0.423 e. The number of carbonyl (C=O) groups is 5. The van der Waals surface area contributed by atoms with Crippen LogP contribution in [0.5, 0.6) is 5.75 Å². The van der Waals surface area contributed by atoms with Crippen molar-refractivity contribution in [3.8, 4) is 5.75 Å². The van der Waals surface area contributed by atoms with Gasteiger partial charge in [0.15, 0.2) is 10.1 Å². The smallest absolute Gasteiger partial charge is 0.343 e. The fourth-order valence-corrected chi connectivity index (χ4v) is 9.32.